The monoisotopic (exact) mass is 350 g/mol. The number of halogens is 3. The van der Waals surface area contributed by atoms with Crippen LogP contribution in [0.1, 0.15) is 22.8 Å². The molecule has 2 N–H and O–H groups in total. The first-order valence-electron chi connectivity index (χ1n) is 7.00. The second kappa shape index (κ2) is 7.56. The number of carbonyl (C=O) groups is 2. The van der Waals surface area contributed by atoms with Crippen LogP contribution < -0.4 is 10.7 Å². The summed E-state index contributed by atoms with van der Waals surface area (Å²) in [5.41, 5.74) is 3.45. The predicted octanol–water partition coefficient (Wildman–Crippen LogP) is 2.74. The van der Waals surface area contributed by atoms with Crippen molar-refractivity contribution in [2.24, 2.45) is 5.10 Å². The SMILES string of the molecule is C/C(=N/NC(=O)c1ccncc1)c1cccc(NC(=O)C(F)(F)F)c1. The number of rotatable bonds is 4. The normalized spacial score (nSPS) is 11.8. The van der Waals surface area contributed by atoms with Crippen LogP contribution in [-0.2, 0) is 4.79 Å². The number of hydrazone groups is 1. The average Bonchev–Trinajstić information content (AvgIpc) is 2.59. The molecule has 9 heteroatoms. The number of nitrogens with zero attached hydrogens (tertiary/aromatic N) is 2. The molecule has 0 bridgehead atoms. The van der Waals surface area contributed by atoms with Crippen molar-refractivity contribution in [2.75, 3.05) is 5.32 Å². The van der Waals surface area contributed by atoms with Gasteiger partial charge in [-0.15, -0.1) is 0 Å². The second-order valence-electron chi connectivity index (χ2n) is 4.91. The summed E-state index contributed by atoms with van der Waals surface area (Å²) in [5.74, 6) is -2.52. The number of alkyl halides is 3. The molecule has 2 aromatic rings. The summed E-state index contributed by atoms with van der Waals surface area (Å²) in [4.78, 5) is 26.6. The highest BCUT2D eigenvalue weighted by atomic mass is 19.4. The molecule has 2 rings (SSSR count). The van der Waals surface area contributed by atoms with E-state index in [9.17, 15) is 22.8 Å². The smallest absolute Gasteiger partial charge is 0.318 e. The van der Waals surface area contributed by atoms with E-state index in [1.54, 1.807) is 18.3 Å². The maximum Gasteiger partial charge on any atom is 0.471 e. The second-order valence-corrected chi connectivity index (χ2v) is 4.91. The third-order valence-electron chi connectivity index (χ3n) is 3.06. The zero-order valence-electron chi connectivity index (χ0n) is 13.0. The Labute approximate surface area is 140 Å². The van der Waals surface area contributed by atoms with Crippen molar-refractivity contribution in [1.29, 1.82) is 0 Å². The number of carbonyl (C=O) groups excluding carboxylic acids is 2. The molecular formula is C16H13F3N4O2. The molecule has 1 aromatic heterocycles. The Bertz CT molecular complexity index is 805. The van der Waals surface area contributed by atoms with Crippen molar-refractivity contribution in [2.45, 2.75) is 13.1 Å². The quantitative estimate of drug-likeness (QED) is 0.657. The third-order valence-corrected chi connectivity index (χ3v) is 3.06. The number of pyridine rings is 1. The molecule has 130 valence electrons. The summed E-state index contributed by atoms with van der Waals surface area (Å²) >= 11 is 0. The van der Waals surface area contributed by atoms with Gasteiger partial charge in [-0.3, -0.25) is 14.6 Å². The lowest BCUT2D eigenvalue weighted by molar-refractivity contribution is -0.167. The van der Waals surface area contributed by atoms with Crippen molar-refractivity contribution < 1.29 is 22.8 Å². The summed E-state index contributed by atoms with van der Waals surface area (Å²) in [6, 6.07) is 8.70. The Morgan fingerprint density at radius 2 is 1.76 bits per heavy atom. The van der Waals surface area contributed by atoms with E-state index in [4.69, 9.17) is 0 Å². The fourth-order valence-electron chi connectivity index (χ4n) is 1.79. The van der Waals surface area contributed by atoms with E-state index in [2.05, 4.69) is 15.5 Å². The number of amides is 2. The van der Waals surface area contributed by atoms with E-state index in [0.29, 0.717) is 16.8 Å². The number of benzene rings is 1. The minimum Gasteiger partial charge on any atom is -0.318 e. The molecular weight excluding hydrogens is 337 g/mol. The van der Waals surface area contributed by atoms with Crippen LogP contribution in [0.4, 0.5) is 18.9 Å². The minimum absolute atomic E-state index is 0.0326. The van der Waals surface area contributed by atoms with Gasteiger partial charge in [0, 0.05) is 23.6 Å². The minimum atomic E-state index is -4.97. The van der Waals surface area contributed by atoms with E-state index in [1.807, 2.05) is 0 Å². The van der Waals surface area contributed by atoms with Gasteiger partial charge < -0.3 is 5.32 Å². The summed E-state index contributed by atoms with van der Waals surface area (Å²) in [6.45, 7) is 1.57. The molecule has 0 aliphatic rings. The van der Waals surface area contributed by atoms with Gasteiger partial charge >= 0.3 is 12.1 Å². The van der Waals surface area contributed by atoms with E-state index in [0.717, 1.165) is 0 Å². The number of hydrogen-bond donors (Lipinski definition) is 2. The van der Waals surface area contributed by atoms with Gasteiger partial charge in [0.05, 0.1) is 5.71 Å². The van der Waals surface area contributed by atoms with Gasteiger partial charge in [-0.05, 0) is 36.8 Å². The summed E-state index contributed by atoms with van der Waals surface area (Å²) in [7, 11) is 0. The fraction of sp³-hybridized carbons (Fsp3) is 0.125. The lowest BCUT2D eigenvalue weighted by Gasteiger charge is -2.09. The van der Waals surface area contributed by atoms with E-state index in [1.165, 1.54) is 42.7 Å². The zero-order valence-corrected chi connectivity index (χ0v) is 13.0. The molecule has 1 aromatic carbocycles. The first-order chi connectivity index (χ1) is 11.8. The molecule has 1 heterocycles. The Balaban J connectivity index is 2.09. The van der Waals surface area contributed by atoms with Crippen molar-refractivity contribution >= 4 is 23.2 Å². The molecule has 0 aliphatic carbocycles. The maximum atomic E-state index is 12.3. The average molecular weight is 350 g/mol. The van der Waals surface area contributed by atoms with Gasteiger partial charge in [-0.25, -0.2) is 5.43 Å². The van der Waals surface area contributed by atoms with Crippen LogP contribution in [0.3, 0.4) is 0 Å². The van der Waals surface area contributed by atoms with Crippen LogP contribution in [0.2, 0.25) is 0 Å². The van der Waals surface area contributed by atoms with E-state index < -0.39 is 18.0 Å². The highest BCUT2D eigenvalue weighted by Crippen LogP contribution is 2.19. The Morgan fingerprint density at radius 1 is 1.08 bits per heavy atom. The first kappa shape index (κ1) is 18.1. The third kappa shape index (κ3) is 5.13. The molecule has 0 saturated heterocycles. The molecule has 0 aliphatic heterocycles. The van der Waals surface area contributed by atoms with Crippen LogP contribution in [0.25, 0.3) is 0 Å². The van der Waals surface area contributed by atoms with E-state index in [-0.39, 0.29) is 5.69 Å². The largest absolute Gasteiger partial charge is 0.471 e. The fourth-order valence-corrected chi connectivity index (χ4v) is 1.79. The van der Waals surface area contributed by atoms with Gasteiger partial charge in [0.15, 0.2) is 0 Å². The molecule has 2 amide bonds. The molecule has 0 atom stereocenters. The molecule has 0 saturated carbocycles. The number of hydrogen-bond acceptors (Lipinski definition) is 4. The highest BCUT2D eigenvalue weighted by Gasteiger charge is 2.38. The van der Waals surface area contributed by atoms with E-state index >= 15 is 0 Å². The lowest BCUT2D eigenvalue weighted by Crippen LogP contribution is -2.29. The Hall–Kier alpha value is -3.23. The van der Waals surface area contributed by atoms with Crippen LogP contribution in [0.5, 0.6) is 0 Å². The van der Waals surface area contributed by atoms with Crippen molar-refractivity contribution in [3.8, 4) is 0 Å². The standard InChI is InChI=1S/C16H13F3N4O2/c1-10(22-23-14(24)11-5-7-20-8-6-11)12-3-2-4-13(9-12)21-15(25)16(17,18)19/h2-9H,1H3,(H,21,25)(H,23,24)/b22-10-. The van der Waals surface area contributed by atoms with Gasteiger partial charge in [-0.1, -0.05) is 12.1 Å². The molecule has 0 spiro atoms. The van der Waals surface area contributed by atoms with Crippen molar-refractivity contribution in [3.63, 3.8) is 0 Å². The topological polar surface area (TPSA) is 83.4 Å². The summed E-state index contributed by atoms with van der Waals surface area (Å²) in [5, 5.41) is 5.66. The maximum absolute atomic E-state index is 12.3. The van der Waals surface area contributed by atoms with Gasteiger partial charge in [0.1, 0.15) is 0 Å². The van der Waals surface area contributed by atoms with Gasteiger partial charge in [0.25, 0.3) is 5.91 Å². The Morgan fingerprint density at radius 3 is 2.40 bits per heavy atom. The van der Waals surface area contributed by atoms with Crippen LogP contribution in [-0.4, -0.2) is 28.7 Å². The predicted molar refractivity (Wildman–Crippen MR) is 85.0 cm³/mol. The first-order valence-corrected chi connectivity index (χ1v) is 7.00. The number of anilines is 1. The summed E-state index contributed by atoms with van der Waals surface area (Å²) < 4.78 is 36.8. The van der Waals surface area contributed by atoms with Crippen LogP contribution in [0.15, 0.2) is 53.9 Å². The van der Waals surface area contributed by atoms with Crippen LogP contribution in [0, 0.1) is 0 Å². The molecule has 0 radical (unpaired) electrons. The molecule has 0 fully saturated rings. The Kier molecular flexibility index (Phi) is 5.48. The van der Waals surface area contributed by atoms with Gasteiger partial charge in [0.2, 0.25) is 0 Å². The molecule has 0 unspecified atom stereocenters. The number of aromatic nitrogens is 1. The number of nitrogens with one attached hydrogen (secondary N) is 2. The van der Waals surface area contributed by atoms with Crippen molar-refractivity contribution in [3.05, 3.63) is 59.9 Å². The summed E-state index contributed by atoms with van der Waals surface area (Å²) in [6.07, 6.45) is -2.06. The zero-order chi connectivity index (χ0) is 18.4. The molecule has 25 heavy (non-hydrogen) atoms. The molecule has 6 nitrogen and oxygen atoms in total. The lowest BCUT2D eigenvalue weighted by atomic mass is 10.1. The van der Waals surface area contributed by atoms with Gasteiger partial charge in [-0.2, -0.15) is 18.3 Å². The highest BCUT2D eigenvalue weighted by molar-refractivity contribution is 6.02. The van der Waals surface area contributed by atoms with Crippen LogP contribution >= 0.6 is 0 Å². The van der Waals surface area contributed by atoms with Crippen molar-refractivity contribution in [1.82, 2.24) is 10.4 Å².